The Labute approximate surface area is 258 Å². The van der Waals surface area contributed by atoms with Gasteiger partial charge in [0.2, 0.25) is 16.0 Å². The highest BCUT2D eigenvalue weighted by atomic mass is 32.2. The van der Waals surface area contributed by atoms with Crippen molar-refractivity contribution in [1.29, 1.82) is 0 Å². The summed E-state index contributed by atoms with van der Waals surface area (Å²) in [4.78, 5) is 41.2. The number of carbonyl (C=O) groups is 3. The lowest BCUT2D eigenvalue weighted by Gasteiger charge is -2.18. The first-order valence-corrected chi connectivity index (χ1v) is 14.6. The van der Waals surface area contributed by atoms with Gasteiger partial charge < -0.3 is 35.4 Å². The molecule has 0 spiro atoms. The molecule has 0 bridgehead atoms. The van der Waals surface area contributed by atoms with Crippen LogP contribution >= 0.6 is 0 Å². The summed E-state index contributed by atoms with van der Waals surface area (Å²) in [5.74, 6) is -5.04. The highest BCUT2D eigenvalue weighted by Crippen LogP contribution is 2.25. The molecular formula is C28H34FN5O10S. The van der Waals surface area contributed by atoms with Gasteiger partial charge in [0.25, 0.3) is 0 Å². The summed E-state index contributed by atoms with van der Waals surface area (Å²) >= 11 is 0. The summed E-state index contributed by atoms with van der Waals surface area (Å²) in [6, 6.07) is 12.6. The van der Waals surface area contributed by atoms with E-state index in [0.29, 0.717) is 29.4 Å². The van der Waals surface area contributed by atoms with Gasteiger partial charge in [-0.05, 0) is 75.6 Å². The number of rotatable bonds is 15. The minimum atomic E-state index is -3.57. The third kappa shape index (κ3) is 11.7. The lowest BCUT2D eigenvalue weighted by Crippen LogP contribution is -2.42. The number of nitrogens with one attached hydrogen (secondary N) is 2. The number of aliphatic carboxylic acids is 3. The minimum Gasteiger partial charge on any atom is -0.494 e. The molecule has 3 aromatic rings. The predicted molar refractivity (Wildman–Crippen MR) is 159 cm³/mol. The fourth-order valence-corrected chi connectivity index (χ4v) is 4.73. The zero-order valence-electron chi connectivity index (χ0n) is 24.6. The smallest absolute Gasteiger partial charge is 0.336 e. The highest BCUT2D eigenvalue weighted by Gasteiger charge is 2.40. The van der Waals surface area contributed by atoms with Gasteiger partial charge >= 0.3 is 17.9 Å². The Bertz CT molecular complexity index is 1570. The number of halogens is 1. The molecular weight excluding hydrogens is 617 g/mol. The van der Waals surface area contributed by atoms with Crippen LogP contribution in [0.4, 0.5) is 16.0 Å². The van der Waals surface area contributed by atoms with Gasteiger partial charge in [0.05, 0.1) is 30.5 Å². The third-order valence-electron chi connectivity index (χ3n) is 5.88. The molecule has 0 radical (unpaired) electrons. The van der Waals surface area contributed by atoms with Crippen LogP contribution in [0.15, 0.2) is 59.6 Å². The number of hydrogen-bond donors (Lipinski definition) is 6. The summed E-state index contributed by atoms with van der Waals surface area (Å²) in [5, 5.41) is 36.8. The molecule has 17 heteroatoms. The van der Waals surface area contributed by atoms with Crippen molar-refractivity contribution < 1.29 is 52.4 Å². The molecule has 45 heavy (non-hydrogen) atoms. The quantitative estimate of drug-likeness (QED) is 0.129. The fourth-order valence-electron chi connectivity index (χ4n) is 3.65. The molecule has 0 saturated heterocycles. The Kier molecular flexibility index (Phi) is 13.3. The predicted octanol–water partition coefficient (Wildman–Crippen LogP) is 2.02. The first-order chi connectivity index (χ1) is 21.1. The number of ether oxygens (including phenoxy) is 1. The van der Waals surface area contributed by atoms with Crippen LogP contribution in [0.3, 0.4) is 0 Å². The Hall–Kier alpha value is -4.71. The number of hydrogen-bond acceptors (Lipinski definition) is 11. The maximum atomic E-state index is 14.0. The molecule has 1 aromatic heterocycles. The van der Waals surface area contributed by atoms with Crippen LogP contribution in [0.25, 0.3) is 11.3 Å². The second-order valence-corrected chi connectivity index (χ2v) is 11.6. The number of aliphatic hydroxyl groups is 1. The Balaban J connectivity index is 0.000000459. The Morgan fingerprint density at radius 3 is 2.13 bits per heavy atom. The van der Waals surface area contributed by atoms with Gasteiger partial charge in [-0.25, -0.2) is 32.3 Å². The lowest BCUT2D eigenvalue weighted by molar-refractivity contribution is -0.170. The summed E-state index contributed by atoms with van der Waals surface area (Å²) in [6.45, 7) is 1.17. The van der Waals surface area contributed by atoms with E-state index in [1.807, 2.05) is 19.0 Å². The second kappa shape index (κ2) is 16.4. The normalized spacial score (nSPS) is 11.3. The van der Waals surface area contributed by atoms with E-state index in [2.05, 4.69) is 20.0 Å². The van der Waals surface area contributed by atoms with Gasteiger partial charge in [0, 0.05) is 24.0 Å². The van der Waals surface area contributed by atoms with E-state index in [-0.39, 0.29) is 10.6 Å². The van der Waals surface area contributed by atoms with E-state index in [1.54, 1.807) is 30.5 Å². The molecule has 0 atom stereocenters. The fraction of sp³-hybridized carbons (Fsp3) is 0.321. The maximum Gasteiger partial charge on any atom is 0.336 e. The first kappa shape index (κ1) is 36.5. The van der Waals surface area contributed by atoms with Gasteiger partial charge in [0.1, 0.15) is 0 Å². The molecule has 0 amide bonds. The van der Waals surface area contributed by atoms with Crippen LogP contribution in [0, 0.1) is 5.82 Å². The molecule has 0 aliphatic heterocycles. The molecule has 0 aliphatic rings. The van der Waals surface area contributed by atoms with Crippen molar-refractivity contribution in [2.45, 2.75) is 29.8 Å². The number of benzene rings is 2. The van der Waals surface area contributed by atoms with Crippen LogP contribution in [-0.2, 0) is 24.4 Å². The topological polar surface area (TPSA) is 229 Å². The van der Waals surface area contributed by atoms with Gasteiger partial charge in [0.15, 0.2) is 17.2 Å². The average molecular weight is 652 g/mol. The largest absolute Gasteiger partial charge is 0.494 e. The SMILES string of the molecule is COc1ccc(-c2ccnc(Nc3ccc(S(=O)(=O)NCCCN(C)C)cc3)n2)cc1F.O=C(O)CC(O)(CC(=O)O)C(=O)O. The van der Waals surface area contributed by atoms with E-state index >= 15 is 0 Å². The molecule has 0 unspecified atom stereocenters. The van der Waals surface area contributed by atoms with Gasteiger partial charge in [-0.3, -0.25) is 9.59 Å². The number of sulfonamides is 1. The van der Waals surface area contributed by atoms with Crippen molar-refractivity contribution in [2.24, 2.45) is 0 Å². The van der Waals surface area contributed by atoms with Crippen molar-refractivity contribution in [3.8, 4) is 17.0 Å². The molecule has 0 saturated carbocycles. The average Bonchev–Trinajstić information content (AvgIpc) is 2.95. The number of carboxylic acid groups (broad SMARTS) is 3. The zero-order valence-corrected chi connectivity index (χ0v) is 25.4. The summed E-state index contributed by atoms with van der Waals surface area (Å²) in [5.41, 5.74) is -1.01. The van der Waals surface area contributed by atoms with E-state index in [9.17, 15) is 27.2 Å². The molecule has 0 fully saturated rings. The molecule has 244 valence electrons. The number of nitrogens with zero attached hydrogens (tertiary/aromatic N) is 3. The zero-order chi connectivity index (χ0) is 33.8. The monoisotopic (exact) mass is 651 g/mol. The molecule has 1 heterocycles. The van der Waals surface area contributed by atoms with E-state index < -0.39 is 52.2 Å². The lowest BCUT2D eigenvalue weighted by atomic mass is 9.96. The maximum absolute atomic E-state index is 14.0. The first-order valence-electron chi connectivity index (χ1n) is 13.1. The van der Waals surface area contributed by atoms with Crippen molar-refractivity contribution in [3.05, 3.63) is 60.5 Å². The Morgan fingerprint density at radius 2 is 1.62 bits per heavy atom. The van der Waals surface area contributed by atoms with Crippen LogP contribution in [0.2, 0.25) is 0 Å². The van der Waals surface area contributed by atoms with Crippen LogP contribution < -0.4 is 14.8 Å². The molecule has 3 rings (SSSR count). The summed E-state index contributed by atoms with van der Waals surface area (Å²) in [6.07, 6.45) is -0.00973. The highest BCUT2D eigenvalue weighted by molar-refractivity contribution is 7.89. The molecule has 6 N–H and O–H groups in total. The summed E-state index contributed by atoms with van der Waals surface area (Å²) in [7, 11) is 1.71. The van der Waals surface area contributed by atoms with E-state index in [0.717, 1.165) is 13.0 Å². The van der Waals surface area contributed by atoms with Gasteiger partial charge in [-0.15, -0.1) is 0 Å². The van der Waals surface area contributed by atoms with E-state index in [1.165, 1.54) is 31.4 Å². The third-order valence-corrected chi connectivity index (χ3v) is 7.36. The summed E-state index contributed by atoms with van der Waals surface area (Å²) < 4.78 is 46.4. The molecule has 15 nitrogen and oxygen atoms in total. The van der Waals surface area contributed by atoms with Crippen molar-refractivity contribution in [1.82, 2.24) is 19.6 Å². The molecule has 2 aromatic carbocycles. The Morgan fingerprint density at radius 1 is 1.00 bits per heavy atom. The number of aromatic nitrogens is 2. The number of carboxylic acids is 3. The van der Waals surface area contributed by atoms with Gasteiger partial charge in [-0.2, -0.15) is 0 Å². The second-order valence-electron chi connectivity index (χ2n) is 9.80. The number of methoxy groups -OCH3 is 1. The minimum absolute atomic E-state index is 0.156. The van der Waals surface area contributed by atoms with Crippen molar-refractivity contribution in [2.75, 3.05) is 39.6 Å². The standard InChI is InChI=1S/C22H26FN5O3S.C6H8O7/c1-28(2)14-4-12-25-32(29,30)18-8-6-17(7-9-18)26-22-24-13-11-20(27-22)16-5-10-21(31-3)19(23)15-16;7-3(8)1-6(13,5(11)12)2-4(9)10/h5-11,13,15,25H,4,12,14H2,1-3H3,(H,24,26,27);13H,1-2H2,(H,7,8)(H,9,10)(H,11,12). The van der Waals surface area contributed by atoms with Gasteiger partial charge in [-0.1, -0.05) is 0 Å². The van der Waals surface area contributed by atoms with Crippen LogP contribution in [0.5, 0.6) is 5.75 Å². The van der Waals surface area contributed by atoms with E-state index in [4.69, 9.17) is 25.2 Å². The van der Waals surface area contributed by atoms with Crippen molar-refractivity contribution >= 4 is 39.6 Å². The molecule has 0 aliphatic carbocycles. The van der Waals surface area contributed by atoms with Crippen LogP contribution in [0.1, 0.15) is 19.3 Å². The van der Waals surface area contributed by atoms with Crippen molar-refractivity contribution in [3.63, 3.8) is 0 Å². The number of anilines is 2. The van der Waals surface area contributed by atoms with Crippen LogP contribution in [-0.4, -0.2) is 102 Å².